The Morgan fingerprint density at radius 3 is 2.56 bits per heavy atom. The summed E-state index contributed by atoms with van der Waals surface area (Å²) in [7, 11) is 5.55. The number of carbonyl (C=O) groups is 1. The van der Waals surface area contributed by atoms with Gasteiger partial charge in [0.25, 0.3) is 11.5 Å². The molecule has 0 bridgehead atoms. The van der Waals surface area contributed by atoms with Crippen molar-refractivity contribution in [3.8, 4) is 0 Å². The van der Waals surface area contributed by atoms with E-state index in [1.807, 2.05) is 31.8 Å². The predicted octanol–water partition coefficient (Wildman–Crippen LogP) is 0.260. The van der Waals surface area contributed by atoms with E-state index in [1.165, 1.54) is 4.68 Å². The quantitative estimate of drug-likeness (QED) is 0.781. The summed E-state index contributed by atoms with van der Waals surface area (Å²) in [5.74, 6) is 0.687. The van der Waals surface area contributed by atoms with Gasteiger partial charge in [0.2, 0.25) is 0 Å². The van der Waals surface area contributed by atoms with E-state index in [4.69, 9.17) is 0 Å². The summed E-state index contributed by atoms with van der Waals surface area (Å²) in [5, 5.41) is 4.15. The average molecular weight is 344 g/mol. The van der Waals surface area contributed by atoms with Crippen LogP contribution < -0.4 is 5.56 Å². The Labute approximate surface area is 146 Å². The third-order valence-corrected chi connectivity index (χ3v) is 5.03. The van der Waals surface area contributed by atoms with Crippen molar-refractivity contribution in [1.29, 1.82) is 0 Å². The van der Waals surface area contributed by atoms with Gasteiger partial charge in [-0.05, 0) is 26.5 Å². The number of amides is 1. The molecule has 8 heteroatoms. The van der Waals surface area contributed by atoms with Crippen molar-refractivity contribution < 1.29 is 4.79 Å². The molecule has 134 valence electrons. The van der Waals surface area contributed by atoms with E-state index >= 15 is 0 Å². The highest BCUT2D eigenvalue weighted by Gasteiger charge is 2.33. The molecule has 1 fully saturated rings. The molecule has 0 radical (unpaired) electrons. The molecule has 1 amide bonds. The van der Waals surface area contributed by atoms with Gasteiger partial charge in [-0.1, -0.05) is 0 Å². The third-order valence-electron chi connectivity index (χ3n) is 5.03. The number of aromatic nitrogens is 4. The van der Waals surface area contributed by atoms with Gasteiger partial charge in [-0.25, -0.2) is 9.67 Å². The number of piperazine rings is 1. The van der Waals surface area contributed by atoms with Gasteiger partial charge in [-0.3, -0.25) is 14.5 Å². The number of rotatable bonds is 2. The van der Waals surface area contributed by atoms with Crippen LogP contribution in [-0.2, 0) is 14.1 Å². The van der Waals surface area contributed by atoms with Crippen LogP contribution in [0.5, 0.6) is 0 Å². The minimum Gasteiger partial charge on any atom is -0.337 e. The SMILES string of the molecule is Cc1nn(C)c(=O)c(C(=O)N2CCN(C)C(c3nccn3C)C2)c1C. The fourth-order valence-electron chi connectivity index (χ4n) is 3.29. The zero-order chi connectivity index (χ0) is 18.3. The van der Waals surface area contributed by atoms with E-state index in [2.05, 4.69) is 15.0 Å². The molecule has 0 saturated carbocycles. The average Bonchev–Trinajstić information content (AvgIpc) is 2.99. The molecule has 1 aliphatic rings. The van der Waals surface area contributed by atoms with Crippen molar-refractivity contribution in [3.63, 3.8) is 0 Å². The summed E-state index contributed by atoms with van der Waals surface area (Å²) >= 11 is 0. The van der Waals surface area contributed by atoms with Crippen LogP contribution in [0.15, 0.2) is 17.2 Å². The molecule has 1 aliphatic heterocycles. The summed E-state index contributed by atoms with van der Waals surface area (Å²) in [5.41, 5.74) is 1.22. The van der Waals surface area contributed by atoms with Crippen LogP contribution in [-0.4, -0.2) is 61.7 Å². The Kier molecular flexibility index (Phi) is 4.47. The molecule has 2 aromatic rings. The Hall–Kier alpha value is -2.48. The lowest BCUT2D eigenvalue weighted by atomic mass is 10.1. The number of hydrogen-bond donors (Lipinski definition) is 0. The first kappa shape index (κ1) is 17.3. The smallest absolute Gasteiger partial charge is 0.279 e. The molecular formula is C17H24N6O2. The minimum absolute atomic E-state index is 0.00444. The zero-order valence-corrected chi connectivity index (χ0v) is 15.4. The van der Waals surface area contributed by atoms with Gasteiger partial charge >= 0.3 is 0 Å². The molecule has 1 atom stereocenters. The Balaban J connectivity index is 1.94. The lowest BCUT2D eigenvalue weighted by molar-refractivity contribution is 0.0525. The summed E-state index contributed by atoms with van der Waals surface area (Å²) in [6.45, 7) is 5.41. The van der Waals surface area contributed by atoms with E-state index in [0.717, 1.165) is 12.4 Å². The second-order valence-electron chi connectivity index (χ2n) is 6.66. The predicted molar refractivity (Wildman–Crippen MR) is 93.4 cm³/mol. The van der Waals surface area contributed by atoms with Crippen LogP contribution in [0.4, 0.5) is 0 Å². The lowest BCUT2D eigenvalue weighted by Crippen LogP contribution is -2.51. The Morgan fingerprint density at radius 1 is 1.20 bits per heavy atom. The molecular weight excluding hydrogens is 320 g/mol. The van der Waals surface area contributed by atoms with Crippen molar-refractivity contribution in [2.45, 2.75) is 19.9 Å². The van der Waals surface area contributed by atoms with Gasteiger partial charge in [0.1, 0.15) is 11.4 Å². The monoisotopic (exact) mass is 344 g/mol. The lowest BCUT2D eigenvalue weighted by Gasteiger charge is -2.39. The van der Waals surface area contributed by atoms with E-state index in [1.54, 1.807) is 25.1 Å². The van der Waals surface area contributed by atoms with Crippen LogP contribution >= 0.6 is 0 Å². The van der Waals surface area contributed by atoms with Gasteiger partial charge < -0.3 is 9.47 Å². The molecule has 3 heterocycles. The normalized spacial score (nSPS) is 18.6. The van der Waals surface area contributed by atoms with E-state index in [9.17, 15) is 9.59 Å². The molecule has 3 rings (SSSR count). The van der Waals surface area contributed by atoms with E-state index in [0.29, 0.717) is 24.3 Å². The van der Waals surface area contributed by atoms with Crippen molar-refractivity contribution in [2.24, 2.45) is 14.1 Å². The topological polar surface area (TPSA) is 76.3 Å². The van der Waals surface area contributed by atoms with Crippen LogP contribution in [0.3, 0.4) is 0 Å². The van der Waals surface area contributed by atoms with E-state index < -0.39 is 0 Å². The van der Waals surface area contributed by atoms with Crippen LogP contribution in [0.25, 0.3) is 0 Å². The first-order valence-electron chi connectivity index (χ1n) is 8.32. The van der Waals surface area contributed by atoms with Crippen molar-refractivity contribution >= 4 is 5.91 Å². The fraction of sp³-hybridized carbons (Fsp3) is 0.529. The third kappa shape index (κ3) is 2.97. The first-order chi connectivity index (χ1) is 11.8. The van der Waals surface area contributed by atoms with E-state index in [-0.39, 0.29) is 23.1 Å². The highest BCUT2D eigenvalue weighted by molar-refractivity contribution is 5.95. The Bertz CT molecular complexity index is 869. The molecule has 2 aromatic heterocycles. The summed E-state index contributed by atoms with van der Waals surface area (Å²) < 4.78 is 3.21. The van der Waals surface area contributed by atoms with Crippen LogP contribution in [0.2, 0.25) is 0 Å². The van der Waals surface area contributed by atoms with Crippen molar-refractivity contribution in [3.05, 3.63) is 45.4 Å². The van der Waals surface area contributed by atoms with Gasteiger partial charge in [-0.15, -0.1) is 0 Å². The maximum absolute atomic E-state index is 13.1. The molecule has 0 N–H and O–H groups in total. The zero-order valence-electron chi connectivity index (χ0n) is 15.4. The maximum atomic E-state index is 13.1. The summed E-state index contributed by atoms with van der Waals surface area (Å²) in [4.78, 5) is 33.9. The highest BCUT2D eigenvalue weighted by atomic mass is 16.2. The van der Waals surface area contributed by atoms with Gasteiger partial charge in [0.15, 0.2) is 0 Å². The van der Waals surface area contributed by atoms with Crippen molar-refractivity contribution in [1.82, 2.24) is 29.1 Å². The number of hydrogen-bond acceptors (Lipinski definition) is 5. The maximum Gasteiger partial charge on any atom is 0.279 e. The van der Waals surface area contributed by atoms with Gasteiger partial charge in [-0.2, -0.15) is 5.10 Å². The fourth-order valence-corrected chi connectivity index (χ4v) is 3.29. The standard InChI is InChI=1S/C17H24N6O2/c1-11-12(2)19-22(5)16(24)14(11)17(25)23-9-8-20(3)13(10-23)15-18-6-7-21(15)4/h6-7,13H,8-10H2,1-5H3. The van der Waals surface area contributed by atoms with Crippen molar-refractivity contribution in [2.75, 3.05) is 26.7 Å². The molecule has 25 heavy (non-hydrogen) atoms. The highest BCUT2D eigenvalue weighted by Crippen LogP contribution is 2.23. The number of aryl methyl sites for hydroxylation is 3. The summed E-state index contributed by atoms with van der Waals surface area (Å²) in [6.07, 6.45) is 3.66. The number of carbonyl (C=O) groups excluding carboxylic acids is 1. The van der Waals surface area contributed by atoms with Crippen LogP contribution in [0, 0.1) is 13.8 Å². The largest absolute Gasteiger partial charge is 0.337 e. The van der Waals surface area contributed by atoms with Gasteiger partial charge in [0.05, 0.1) is 11.7 Å². The van der Waals surface area contributed by atoms with Crippen LogP contribution in [0.1, 0.15) is 33.5 Å². The minimum atomic E-state index is -0.347. The summed E-state index contributed by atoms with van der Waals surface area (Å²) in [6, 6.07) is 0.00444. The second kappa shape index (κ2) is 6.44. The Morgan fingerprint density at radius 2 is 1.92 bits per heavy atom. The van der Waals surface area contributed by atoms with Gasteiger partial charge in [0, 0.05) is 46.1 Å². The number of imidazole rings is 1. The molecule has 0 aliphatic carbocycles. The molecule has 8 nitrogen and oxygen atoms in total. The molecule has 1 unspecified atom stereocenters. The first-order valence-corrected chi connectivity index (χ1v) is 8.32. The molecule has 0 aromatic carbocycles. The molecule has 0 spiro atoms. The second-order valence-corrected chi connectivity index (χ2v) is 6.66. The number of likely N-dealkylation sites (N-methyl/N-ethyl adjacent to an activating group) is 1. The number of nitrogens with zero attached hydrogens (tertiary/aromatic N) is 6. The molecule has 1 saturated heterocycles.